The van der Waals surface area contributed by atoms with Crippen LogP contribution in [0.1, 0.15) is 24.3 Å². The Morgan fingerprint density at radius 3 is 2.60 bits per heavy atom. The maximum atomic E-state index is 10.4. The second-order valence-corrected chi connectivity index (χ2v) is 2.61. The summed E-state index contributed by atoms with van der Waals surface area (Å²) in [5.41, 5.74) is 0.895. The number of esters is 1. The van der Waals surface area contributed by atoms with Crippen molar-refractivity contribution in [2.75, 3.05) is 6.61 Å². The molecule has 0 amide bonds. The van der Waals surface area contributed by atoms with Crippen molar-refractivity contribution in [2.24, 2.45) is 0 Å². The second-order valence-electron chi connectivity index (χ2n) is 2.61. The van der Waals surface area contributed by atoms with Crippen molar-refractivity contribution < 1.29 is 14.3 Å². The first kappa shape index (κ1) is 13.1. The molecule has 1 heterocycles. The van der Waals surface area contributed by atoms with E-state index in [2.05, 4.69) is 21.3 Å². The molecule has 82 valence electrons. The Morgan fingerprint density at radius 1 is 1.73 bits per heavy atom. The van der Waals surface area contributed by atoms with Crippen LogP contribution in [0.3, 0.4) is 0 Å². The molecule has 1 aromatic rings. The highest BCUT2D eigenvalue weighted by molar-refractivity contribution is 5.86. The Labute approximate surface area is 88.2 Å². The number of rotatable bonds is 3. The van der Waals surface area contributed by atoms with Crippen LogP contribution in [0.5, 0.6) is 0 Å². The number of H-pyrrole nitrogens is 1. The van der Waals surface area contributed by atoms with Gasteiger partial charge in [0.05, 0.1) is 12.9 Å². The molecule has 0 saturated heterocycles. The van der Waals surface area contributed by atoms with Gasteiger partial charge >= 0.3 is 5.97 Å². The van der Waals surface area contributed by atoms with Gasteiger partial charge in [0.1, 0.15) is 5.69 Å². The van der Waals surface area contributed by atoms with Crippen molar-refractivity contribution >= 4 is 12.3 Å². The molecule has 5 nitrogen and oxygen atoms in total. The lowest BCUT2D eigenvalue weighted by molar-refractivity contribution is -0.138. The quantitative estimate of drug-likeness (QED) is 0.464. The molecule has 0 aliphatic heterocycles. The third-order valence-corrected chi connectivity index (χ3v) is 1.26. The number of aldehydes is 1. The SMILES string of the molecule is C=C(C)C(=O)OCC.O=Cc1c[nH]cn1. The normalized spacial score (nSPS) is 8.40. The molecule has 0 unspecified atom stereocenters. The van der Waals surface area contributed by atoms with Gasteiger partial charge in [0, 0.05) is 11.8 Å². The van der Waals surface area contributed by atoms with Gasteiger partial charge in [-0.3, -0.25) is 4.79 Å². The zero-order valence-corrected chi connectivity index (χ0v) is 8.82. The van der Waals surface area contributed by atoms with Crippen LogP contribution < -0.4 is 0 Å². The standard InChI is InChI=1S/C6H10O2.C4H4N2O/c1-4-8-6(7)5(2)3;7-2-4-1-5-3-6-4/h2,4H2,1,3H3;1-3H,(H,5,6). The molecule has 1 rings (SSSR count). The zero-order chi connectivity index (χ0) is 11.7. The minimum absolute atomic E-state index is 0.312. The number of ether oxygens (including phenoxy) is 1. The maximum Gasteiger partial charge on any atom is 0.333 e. The first-order chi connectivity index (χ1) is 7.11. The van der Waals surface area contributed by atoms with Crippen LogP contribution >= 0.6 is 0 Å². The molecule has 0 aliphatic rings. The fourth-order valence-corrected chi connectivity index (χ4v) is 0.590. The molecule has 0 aromatic carbocycles. The summed E-state index contributed by atoms with van der Waals surface area (Å²) in [6.07, 6.45) is 3.69. The summed E-state index contributed by atoms with van der Waals surface area (Å²) in [7, 11) is 0. The van der Waals surface area contributed by atoms with Gasteiger partial charge in [-0.25, -0.2) is 9.78 Å². The fourth-order valence-electron chi connectivity index (χ4n) is 0.590. The van der Waals surface area contributed by atoms with Gasteiger partial charge in [0.25, 0.3) is 0 Å². The Bertz CT molecular complexity index is 317. The fraction of sp³-hybridized carbons (Fsp3) is 0.300. The Balaban J connectivity index is 0.000000262. The Morgan fingerprint density at radius 2 is 2.40 bits per heavy atom. The minimum Gasteiger partial charge on any atom is -0.463 e. The van der Waals surface area contributed by atoms with Crippen LogP contribution in [0, 0.1) is 0 Å². The van der Waals surface area contributed by atoms with Crippen molar-refractivity contribution in [3.05, 3.63) is 30.4 Å². The predicted octanol–water partition coefficient (Wildman–Crippen LogP) is 1.35. The van der Waals surface area contributed by atoms with Gasteiger partial charge < -0.3 is 9.72 Å². The van der Waals surface area contributed by atoms with E-state index in [1.165, 1.54) is 12.5 Å². The molecule has 5 heteroatoms. The molecule has 0 radical (unpaired) electrons. The number of carbonyl (C=O) groups is 2. The molecule has 15 heavy (non-hydrogen) atoms. The molecule has 0 aliphatic carbocycles. The number of hydrogen-bond donors (Lipinski definition) is 1. The summed E-state index contributed by atoms with van der Waals surface area (Å²) < 4.78 is 4.56. The highest BCUT2D eigenvalue weighted by Crippen LogP contribution is 1.89. The molecule has 0 saturated carbocycles. The van der Waals surface area contributed by atoms with Gasteiger partial charge in [0.2, 0.25) is 0 Å². The van der Waals surface area contributed by atoms with Gasteiger partial charge in [-0.05, 0) is 13.8 Å². The smallest absolute Gasteiger partial charge is 0.333 e. The summed E-state index contributed by atoms with van der Waals surface area (Å²) in [6, 6.07) is 0. The van der Waals surface area contributed by atoms with Crippen LogP contribution in [0.15, 0.2) is 24.7 Å². The number of aromatic amines is 1. The van der Waals surface area contributed by atoms with Gasteiger partial charge in [0.15, 0.2) is 6.29 Å². The minimum atomic E-state index is -0.312. The molecule has 0 bridgehead atoms. The summed E-state index contributed by atoms with van der Waals surface area (Å²) in [5.74, 6) is -0.312. The van der Waals surface area contributed by atoms with E-state index in [9.17, 15) is 9.59 Å². The molecular formula is C10H14N2O3. The van der Waals surface area contributed by atoms with Crippen LogP contribution in [-0.2, 0) is 9.53 Å². The third kappa shape index (κ3) is 6.20. The van der Waals surface area contributed by atoms with E-state index in [1.807, 2.05) is 0 Å². The molecule has 0 atom stereocenters. The first-order valence-corrected chi connectivity index (χ1v) is 4.38. The molecule has 1 aromatic heterocycles. The Hall–Kier alpha value is -1.91. The molecule has 1 N–H and O–H groups in total. The van der Waals surface area contributed by atoms with Crippen molar-refractivity contribution in [3.63, 3.8) is 0 Å². The van der Waals surface area contributed by atoms with E-state index < -0.39 is 0 Å². The van der Waals surface area contributed by atoms with Crippen LogP contribution in [0.4, 0.5) is 0 Å². The lowest BCUT2D eigenvalue weighted by Gasteiger charge is -1.96. The van der Waals surface area contributed by atoms with Gasteiger partial charge in [-0.1, -0.05) is 6.58 Å². The number of aromatic nitrogens is 2. The maximum absolute atomic E-state index is 10.4. The number of nitrogens with zero attached hydrogens (tertiary/aromatic N) is 1. The molecule has 0 spiro atoms. The highest BCUT2D eigenvalue weighted by Gasteiger charge is 1.98. The average molecular weight is 210 g/mol. The van der Waals surface area contributed by atoms with Crippen molar-refractivity contribution in [2.45, 2.75) is 13.8 Å². The largest absolute Gasteiger partial charge is 0.463 e. The number of hydrogen-bond acceptors (Lipinski definition) is 4. The lowest BCUT2D eigenvalue weighted by atomic mass is 10.4. The van der Waals surface area contributed by atoms with Gasteiger partial charge in [-0.15, -0.1) is 0 Å². The molecular weight excluding hydrogens is 196 g/mol. The third-order valence-electron chi connectivity index (χ3n) is 1.26. The van der Waals surface area contributed by atoms with Crippen molar-refractivity contribution in [3.8, 4) is 0 Å². The van der Waals surface area contributed by atoms with Crippen molar-refractivity contribution in [1.82, 2.24) is 9.97 Å². The second kappa shape index (κ2) is 7.49. The molecule has 0 fully saturated rings. The number of carbonyl (C=O) groups excluding carboxylic acids is 2. The summed E-state index contributed by atoms with van der Waals surface area (Å²) in [5, 5.41) is 0. The predicted molar refractivity (Wildman–Crippen MR) is 55.4 cm³/mol. The Kier molecular flexibility index (Phi) is 6.54. The van der Waals surface area contributed by atoms with Crippen LogP contribution in [-0.4, -0.2) is 28.8 Å². The topological polar surface area (TPSA) is 72.1 Å². The average Bonchev–Trinajstić information content (AvgIpc) is 2.71. The lowest BCUT2D eigenvalue weighted by Crippen LogP contribution is -2.03. The summed E-state index contributed by atoms with van der Waals surface area (Å²) in [6.45, 7) is 7.21. The van der Waals surface area contributed by atoms with Crippen LogP contribution in [0.25, 0.3) is 0 Å². The van der Waals surface area contributed by atoms with Gasteiger partial charge in [-0.2, -0.15) is 0 Å². The van der Waals surface area contributed by atoms with Crippen LogP contribution in [0.2, 0.25) is 0 Å². The van der Waals surface area contributed by atoms with E-state index in [0.717, 1.165) is 0 Å². The van der Waals surface area contributed by atoms with E-state index in [4.69, 9.17) is 0 Å². The van der Waals surface area contributed by atoms with E-state index >= 15 is 0 Å². The summed E-state index contributed by atoms with van der Waals surface area (Å²) >= 11 is 0. The van der Waals surface area contributed by atoms with E-state index in [-0.39, 0.29) is 5.97 Å². The monoisotopic (exact) mass is 210 g/mol. The number of imidazole rings is 1. The first-order valence-electron chi connectivity index (χ1n) is 4.38. The zero-order valence-electron chi connectivity index (χ0n) is 8.82. The summed E-state index contributed by atoms with van der Waals surface area (Å²) in [4.78, 5) is 26.5. The highest BCUT2D eigenvalue weighted by atomic mass is 16.5. The number of nitrogens with one attached hydrogen (secondary N) is 1. The van der Waals surface area contributed by atoms with E-state index in [0.29, 0.717) is 24.2 Å². The van der Waals surface area contributed by atoms with E-state index in [1.54, 1.807) is 13.8 Å². The van der Waals surface area contributed by atoms with Crippen molar-refractivity contribution in [1.29, 1.82) is 0 Å².